The average molecular weight is 248 g/mol. The van der Waals surface area contributed by atoms with Gasteiger partial charge in [-0.15, -0.1) is 0 Å². The number of carboxylic acid groups (broad SMARTS) is 1. The maximum atomic E-state index is 11.1. The minimum absolute atomic E-state index is 0.426. The van der Waals surface area contributed by atoms with Gasteiger partial charge < -0.3 is 10.0 Å². The van der Waals surface area contributed by atoms with Crippen molar-refractivity contribution in [3.05, 3.63) is 35.4 Å². The summed E-state index contributed by atoms with van der Waals surface area (Å²) in [4.78, 5) is 15.9. The molecule has 98 valence electrons. The lowest BCUT2D eigenvalue weighted by molar-refractivity contribution is 0.0693. The van der Waals surface area contributed by atoms with Crippen molar-refractivity contribution in [2.45, 2.75) is 13.5 Å². The smallest absolute Gasteiger partial charge is 0.336 e. The second kappa shape index (κ2) is 5.98. The Hall–Kier alpha value is -1.39. The fourth-order valence-electron chi connectivity index (χ4n) is 2.37. The quantitative estimate of drug-likeness (QED) is 0.877. The molecule has 0 amide bonds. The standard InChI is InChI=1S/C14H20N2O2/c1-2-15-7-9-16(10-8-15)11-12-5-3-4-6-13(12)14(17)18/h3-6H,2,7-11H2,1H3,(H,17,18). The largest absolute Gasteiger partial charge is 0.478 e. The number of aromatic carboxylic acids is 1. The number of hydrogen-bond donors (Lipinski definition) is 1. The second-order valence-corrected chi connectivity index (χ2v) is 4.67. The van der Waals surface area contributed by atoms with Crippen molar-refractivity contribution in [1.29, 1.82) is 0 Å². The van der Waals surface area contributed by atoms with Crippen LogP contribution in [0.5, 0.6) is 0 Å². The number of benzene rings is 1. The van der Waals surface area contributed by atoms with Crippen molar-refractivity contribution in [1.82, 2.24) is 9.80 Å². The van der Waals surface area contributed by atoms with Crippen LogP contribution in [0.2, 0.25) is 0 Å². The number of hydrogen-bond acceptors (Lipinski definition) is 3. The first-order valence-electron chi connectivity index (χ1n) is 6.46. The molecule has 0 aliphatic carbocycles. The highest BCUT2D eigenvalue weighted by Crippen LogP contribution is 2.13. The Labute approximate surface area is 108 Å². The number of likely N-dealkylation sites (N-methyl/N-ethyl adjacent to an activating group) is 1. The molecule has 0 spiro atoms. The highest BCUT2D eigenvalue weighted by atomic mass is 16.4. The summed E-state index contributed by atoms with van der Waals surface area (Å²) in [5, 5.41) is 9.15. The van der Waals surface area contributed by atoms with E-state index in [2.05, 4.69) is 16.7 Å². The molecule has 1 aromatic rings. The third kappa shape index (κ3) is 3.09. The van der Waals surface area contributed by atoms with E-state index in [-0.39, 0.29) is 0 Å². The molecule has 1 fully saturated rings. The minimum Gasteiger partial charge on any atom is -0.478 e. The summed E-state index contributed by atoms with van der Waals surface area (Å²) in [6, 6.07) is 7.28. The maximum absolute atomic E-state index is 11.1. The van der Waals surface area contributed by atoms with Gasteiger partial charge in [0.25, 0.3) is 0 Å². The van der Waals surface area contributed by atoms with E-state index in [4.69, 9.17) is 5.11 Å². The van der Waals surface area contributed by atoms with Gasteiger partial charge in [-0.1, -0.05) is 25.1 Å². The van der Waals surface area contributed by atoms with Crippen LogP contribution in [0.1, 0.15) is 22.8 Å². The third-order valence-electron chi connectivity index (χ3n) is 3.55. The average Bonchev–Trinajstić information content (AvgIpc) is 2.40. The molecule has 0 atom stereocenters. The van der Waals surface area contributed by atoms with Crippen LogP contribution in [0.3, 0.4) is 0 Å². The Kier molecular flexibility index (Phi) is 4.33. The molecule has 0 bridgehead atoms. The van der Waals surface area contributed by atoms with E-state index >= 15 is 0 Å². The molecule has 1 aliphatic heterocycles. The van der Waals surface area contributed by atoms with Gasteiger partial charge in [-0.05, 0) is 18.2 Å². The normalized spacial score (nSPS) is 17.8. The topological polar surface area (TPSA) is 43.8 Å². The second-order valence-electron chi connectivity index (χ2n) is 4.67. The van der Waals surface area contributed by atoms with Crippen molar-refractivity contribution in [2.75, 3.05) is 32.7 Å². The summed E-state index contributed by atoms with van der Waals surface area (Å²) in [5.74, 6) is -0.835. The van der Waals surface area contributed by atoms with Crippen LogP contribution < -0.4 is 0 Å². The van der Waals surface area contributed by atoms with Gasteiger partial charge in [-0.3, -0.25) is 4.90 Å². The molecule has 1 saturated heterocycles. The van der Waals surface area contributed by atoms with E-state index in [1.807, 2.05) is 12.1 Å². The molecule has 1 aliphatic rings. The van der Waals surface area contributed by atoms with Crippen LogP contribution in [0.15, 0.2) is 24.3 Å². The Balaban J connectivity index is 2.00. The highest BCUT2D eigenvalue weighted by Gasteiger charge is 2.17. The molecule has 0 radical (unpaired) electrons. The zero-order valence-corrected chi connectivity index (χ0v) is 10.8. The first kappa shape index (κ1) is 13.1. The monoisotopic (exact) mass is 248 g/mol. The first-order valence-corrected chi connectivity index (χ1v) is 6.46. The predicted molar refractivity (Wildman–Crippen MR) is 70.8 cm³/mol. The summed E-state index contributed by atoms with van der Waals surface area (Å²) in [6.45, 7) is 8.19. The van der Waals surface area contributed by atoms with Crippen molar-refractivity contribution >= 4 is 5.97 Å². The fourth-order valence-corrected chi connectivity index (χ4v) is 2.37. The van der Waals surface area contributed by atoms with Crippen LogP contribution in [0, 0.1) is 0 Å². The number of carbonyl (C=O) groups is 1. The van der Waals surface area contributed by atoms with Crippen molar-refractivity contribution in [2.24, 2.45) is 0 Å². The molecule has 4 nitrogen and oxygen atoms in total. The van der Waals surface area contributed by atoms with Crippen molar-refractivity contribution in [3.8, 4) is 0 Å². The first-order chi connectivity index (χ1) is 8.70. The number of nitrogens with zero attached hydrogens (tertiary/aromatic N) is 2. The number of carboxylic acids is 1. The lowest BCUT2D eigenvalue weighted by Crippen LogP contribution is -2.45. The molecule has 0 aromatic heterocycles. The van der Waals surface area contributed by atoms with Gasteiger partial charge in [0.05, 0.1) is 5.56 Å². The Morgan fingerprint density at radius 2 is 1.78 bits per heavy atom. The summed E-state index contributed by atoms with van der Waals surface area (Å²) in [7, 11) is 0. The molecule has 4 heteroatoms. The molecule has 1 heterocycles. The molecule has 1 N–H and O–H groups in total. The molecule has 2 rings (SSSR count). The zero-order chi connectivity index (χ0) is 13.0. The van der Waals surface area contributed by atoms with Crippen LogP contribution in [0.4, 0.5) is 0 Å². The Bertz CT molecular complexity index is 412. The maximum Gasteiger partial charge on any atom is 0.336 e. The number of piperazine rings is 1. The van der Waals surface area contributed by atoms with E-state index in [1.54, 1.807) is 12.1 Å². The van der Waals surface area contributed by atoms with Crippen molar-refractivity contribution < 1.29 is 9.90 Å². The van der Waals surface area contributed by atoms with Gasteiger partial charge in [0.15, 0.2) is 0 Å². The molecule has 0 saturated carbocycles. The van der Waals surface area contributed by atoms with E-state index in [0.717, 1.165) is 44.8 Å². The predicted octanol–water partition coefficient (Wildman–Crippen LogP) is 1.52. The molecule has 1 aromatic carbocycles. The molecule has 18 heavy (non-hydrogen) atoms. The Morgan fingerprint density at radius 1 is 1.17 bits per heavy atom. The summed E-state index contributed by atoms with van der Waals surface area (Å²) >= 11 is 0. The minimum atomic E-state index is -0.835. The van der Waals surface area contributed by atoms with E-state index in [9.17, 15) is 4.79 Å². The lowest BCUT2D eigenvalue weighted by Gasteiger charge is -2.34. The highest BCUT2D eigenvalue weighted by molar-refractivity contribution is 5.89. The van der Waals surface area contributed by atoms with Gasteiger partial charge in [0.1, 0.15) is 0 Å². The molecular weight excluding hydrogens is 228 g/mol. The van der Waals surface area contributed by atoms with Gasteiger partial charge in [-0.25, -0.2) is 4.79 Å². The van der Waals surface area contributed by atoms with Gasteiger partial charge in [-0.2, -0.15) is 0 Å². The third-order valence-corrected chi connectivity index (χ3v) is 3.55. The van der Waals surface area contributed by atoms with E-state index < -0.39 is 5.97 Å². The van der Waals surface area contributed by atoms with Crippen LogP contribution >= 0.6 is 0 Å². The summed E-state index contributed by atoms with van der Waals surface area (Å²) in [5.41, 5.74) is 1.34. The van der Waals surface area contributed by atoms with Crippen LogP contribution in [-0.2, 0) is 6.54 Å². The molecule has 0 unspecified atom stereocenters. The summed E-state index contributed by atoms with van der Waals surface area (Å²) < 4.78 is 0. The SMILES string of the molecule is CCN1CCN(Cc2ccccc2C(=O)O)CC1. The molecular formula is C14H20N2O2. The van der Waals surface area contributed by atoms with Crippen LogP contribution in [0.25, 0.3) is 0 Å². The van der Waals surface area contributed by atoms with E-state index in [0.29, 0.717) is 5.56 Å². The van der Waals surface area contributed by atoms with Gasteiger partial charge in [0.2, 0.25) is 0 Å². The fraction of sp³-hybridized carbons (Fsp3) is 0.500. The van der Waals surface area contributed by atoms with Crippen LogP contribution in [-0.4, -0.2) is 53.6 Å². The number of rotatable bonds is 4. The van der Waals surface area contributed by atoms with Gasteiger partial charge in [0, 0.05) is 32.7 Å². The Morgan fingerprint density at radius 3 is 2.39 bits per heavy atom. The van der Waals surface area contributed by atoms with Crippen molar-refractivity contribution in [3.63, 3.8) is 0 Å². The van der Waals surface area contributed by atoms with E-state index in [1.165, 1.54) is 0 Å². The van der Waals surface area contributed by atoms with Gasteiger partial charge >= 0.3 is 5.97 Å². The lowest BCUT2D eigenvalue weighted by atomic mass is 10.1. The summed E-state index contributed by atoms with van der Waals surface area (Å²) in [6.07, 6.45) is 0. The zero-order valence-electron chi connectivity index (χ0n) is 10.8.